The smallest absolute Gasteiger partial charge is 0.369 e. The molecule has 0 bridgehead atoms. The molecule has 0 spiro atoms. The predicted molar refractivity (Wildman–Crippen MR) is 167 cm³/mol. The number of alkyl halides is 3. The zero-order chi connectivity index (χ0) is 33.0. The number of primary amides is 1. The van der Waals surface area contributed by atoms with Crippen molar-refractivity contribution in [1.82, 2.24) is 19.4 Å². The van der Waals surface area contributed by atoms with Gasteiger partial charge in [-0.25, -0.2) is 4.98 Å². The van der Waals surface area contributed by atoms with Crippen LogP contribution in [0.2, 0.25) is 5.02 Å². The number of hydrogen-bond acceptors (Lipinski definition) is 6. The van der Waals surface area contributed by atoms with Crippen molar-refractivity contribution in [1.29, 1.82) is 0 Å². The van der Waals surface area contributed by atoms with Crippen LogP contribution in [0.3, 0.4) is 0 Å². The number of nitrogens with zero attached hydrogens (tertiary/aromatic N) is 5. The van der Waals surface area contributed by atoms with E-state index in [1.54, 1.807) is 38.5 Å². The van der Waals surface area contributed by atoms with Crippen LogP contribution in [0.1, 0.15) is 60.6 Å². The molecule has 2 aliphatic rings. The number of aromatic nitrogens is 3. The molecule has 4 aromatic rings. The van der Waals surface area contributed by atoms with Crippen LogP contribution in [0.4, 0.5) is 36.2 Å². The highest BCUT2D eigenvalue weighted by molar-refractivity contribution is 6.31. The summed E-state index contributed by atoms with van der Waals surface area (Å²) in [5.74, 6) is -1.41. The molecular formula is C32H31ClF3N7O3. The fraction of sp³-hybridized carbons (Fsp3) is 0.344. The molecule has 10 nitrogen and oxygen atoms in total. The topological polar surface area (TPSA) is 126 Å². The van der Waals surface area contributed by atoms with Crippen LogP contribution in [-0.4, -0.2) is 51.3 Å². The third kappa shape index (κ3) is 5.63. The molecular weight excluding hydrogens is 623 g/mol. The van der Waals surface area contributed by atoms with Crippen LogP contribution in [0.25, 0.3) is 11.0 Å². The Bertz CT molecular complexity index is 1850. The molecule has 2 fully saturated rings. The van der Waals surface area contributed by atoms with Crippen LogP contribution in [-0.2, 0) is 15.8 Å². The number of anilines is 4. The van der Waals surface area contributed by atoms with E-state index in [-0.39, 0.29) is 42.1 Å². The summed E-state index contributed by atoms with van der Waals surface area (Å²) in [6.45, 7) is 0. The molecule has 2 aliphatic carbocycles. The molecule has 0 atom stereocenters. The molecule has 2 aromatic carbocycles. The summed E-state index contributed by atoms with van der Waals surface area (Å²) < 4.78 is 43.1. The number of nitrogens with two attached hydrogens (primary N) is 1. The molecule has 240 valence electrons. The van der Waals surface area contributed by atoms with E-state index in [9.17, 15) is 27.6 Å². The van der Waals surface area contributed by atoms with Crippen molar-refractivity contribution < 1.29 is 27.6 Å². The molecule has 0 aliphatic heterocycles. The Morgan fingerprint density at radius 2 is 1.67 bits per heavy atom. The van der Waals surface area contributed by atoms with Gasteiger partial charge in [0.2, 0.25) is 17.8 Å². The monoisotopic (exact) mass is 653 g/mol. The number of rotatable bonds is 8. The van der Waals surface area contributed by atoms with Gasteiger partial charge in [0.25, 0.3) is 5.91 Å². The summed E-state index contributed by atoms with van der Waals surface area (Å²) >= 11 is 5.84. The number of amides is 3. The minimum atomic E-state index is -4.77. The van der Waals surface area contributed by atoms with Gasteiger partial charge in [-0.2, -0.15) is 18.2 Å². The van der Waals surface area contributed by atoms with Crippen LogP contribution >= 0.6 is 11.6 Å². The van der Waals surface area contributed by atoms with Gasteiger partial charge in [0, 0.05) is 48.8 Å². The average molecular weight is 654 g/mol. The Labute approximate surface area is 267 Å². The lowest BCUT2D eigenvalue weighted by Crippen LogP contribution is -2.41. The summed E-state index contributed by atoms with van der Waals surface area (Å²) in [6.07, 6.45) is 1.28. The molecule has 0 unspecified atom stereocenters. The Hall–Kier alpha value is -4.65. The lowest BCUT2D eigenvalue weighted by atomic mass is 10.0. The molecule has 0 saturated heterocycles. The van der Waals surface area contributed by atoms with Gasteiger partial charge in [-0.15, -0.1) is 0 Å². The highest BCUT2D eigenvalue weighted by Gasteiger charge is 2.57. The maximum atomic E-state index is 13.7. The normalized spacial score (nSPS) is 16.0. The van der Waals surface area contributed by atoms with E-state index >= 15 is 0 Å². The third-order valence-corrected chi connectivity index (χ3v) is 8.95. The van der Waals surface area contributed by atoms with E-state index in [1.807, 2.05) is 4.57 Å². The lowest BCUT2D eigenvalue weighted by molar-refractivity contribution is -0.138. The van der Waals surface area contributed by atoms with Crippen LogP contribution in [0, 0.1) is 5.41 Å². The van der Waals surface area contributed by atoms with Crippen molar-refractivity contribution in [2.45, 2.75) is 50.7 Å². The average Bonchev–Trinajstić information content (AvgIpc) is 3.50. The van der Waals surface area contributed by atoms with Crippen LogP contribution in [0.15, 0.2) is 54.7 Å². The van der Waals surface area contributed by atoms with Gasteiger partial charge in [0.15, 0.2) is 0 Å². The molecule has 2 saturated carbocycles. The Balaban J connectivity index is 1.34. The van der Waals surface area contributed by atoms with E-state index in [0.717, 1.165) is 48.1 Å². The van der Waals surface area contributed by atoms with Crippen molar-refractivity contribution in [3.8, 4) is 0 Å². The minimum absolute atomic E-state index is 0.112. The second-order valence-corrected chi connectivity index (χ2v) is 12.3. The first-order valence-corrected chi connectivity index (χ1v) is 15.2. The van der Waals surface area contributed by atoms with Crippen molar-refractivity contribution >= 4 is 63.4 Å². The van der Waals surface area contributed by atoms with E-state index in [2.05, 4.69) is 10.3 Å². The molecule has 3 N–H and O–H groups in total. The van der Waals surface area contributed by atoms with E-state index in [0.29, 0.717) is 17.0 Å². The zero-order valence-corrected chi connectivity index (χ0v) is 25.8. The van der Waals surface area contributed by atoms with Gasteiger partial charge in [-0.1, -0.05) is 24.4 Å². The van der Waals surface area contributed by atoms with E-state index < -0.39 is 34.0 Å². The molecule has 6 rings (SSSR count). The standard InChI is InChI=1S/C32H31ClF3N7O3/c1-41(2)27(44)25-15-18-17-38-30(40-26(18)43(25)20-5-3-4-6-20)39-19-7-9-21(10-8-19)42(29(46)31(13-14-31)28(37)45)22-11-12-24(33)23(16-22)32(34,35)36/h7-12,15-17,20H,3-6,13-14H2,1-2H3,(H2,37,45)(H,38,39,40). The summed E-state index contributed by atoms with van der Waals surface area (Å²) in [5, 5.41) is 3.35. The number of nitrogens with one attached hydrogen (secondary N) is 1. The van der Waals surface area contributed by atoms with Gasteiger partial charge in [-0.3, -0.25) is 19.3 Å². The number of carbonyl (C=O) groups is 3. The largest absolute Gasteiger partial charge is 0.417 e. The van der Waals surface area contributed by atoms with E-state index in [1.165, 1.54) is 23.1 Å². The quantitative estimate of drug-likeness (QED) is 0.207. The molecule has 46 heavy (non-hydrogen) atoms. The first-order chi connectivity index (χ1) is 21.8. The summed E-state index contributed by atoms with van der Waals surface area (Å²) in [7, 11) is 3.41. The van der Waals surface area contributed by atoms with Gasteiger partial charge in [0.05, 0.1) is 10.6 Å². The lowest BCUT2D eigenvalue weighted by Gasteiger charge is -2.27. The van der Waals surface area contributed by atoms with Gasteiger partial charge >= 0.3 is 6.18 Å². The van der Waals surface area contributed by atoms with Crippen molar-refractivity contribution in [3.05, 3.63) is 71.0 Å². The number of halogens is 4. The fourth-order valence-corrected chi connectivity index (χ4v) is 6.20. The molecule has 2 heterocycles. The van der Waals surface area contributed by atoms with Gasteiger partial charge < -0.3 is 20.5 Å². The highest BCUT2D eigenvalue weighted by atomic mass is 35.5. The van der Waals surface area contributed by atoms with Gasteiger partial charge in [-0.05, 0) is 74.2 Å². The Kier molecular flexibility index (Phi) is 7.91. The third-order valence-electron chi connectivity index (χ3n) is 8.62. The van der Waals surface area contributed by atoms with Crippen molar-refractivity contribution in [2.75, 3.05) is 24.3 Å². The zero-order valence-electron chi connectivity index (χ0n) is 25.1. The van der Waals surface area contributed by atoms with Crippen LogP contribution < -0.4 is 16.0 Å². The predicted octanol–water partition coefficient (Wildman–Crippen LogP) is 6.59. The second kappa shape index (κ2) is 11.6. The fourth-order valence-electron chi connectivity index (χ4n) is 5.97. The second-order valence-electron chi connectivity index (χ2n) is 11.9. The van der Waals surface area contributed by atoms with Crippen molar-refractivity contribution in [3.63, 3.8) is 0 Å². The first kappa shape index (κ1) is 31.3. The molecule has 14 heteroatoms. The maximum absolute atomic E-state index is 13.7. The summed E-state index contributed by atoms with van der Waals surface area (Å²) in [5.41, 5.74) is 4.75. The van der Waals surface area contributed by atoms with E-state index in [4.69, 9.17) is 22.3 Å². The summed E-state index contributed by atoms with van der Waals surface area (Å²) in [4.78, 5) is 50.7. The maximum Gasteiger partial charge on any atom is 0.417 e. The number of benzene rings is 2. The Morgan fingerprint density at radius 3 is 2.26 bits per heavy atom. The number of carbonyl (C=O) groups excluding carboxylic acids is 3. The van der Waals surface area contributed by atoms with Gasteiger partial charge in [0.1, 0.15) is 16.8 Å². The molecule has 0 radical (unpaired) electrons. The number of fused-ring (bicyclic) bond motifs is 1. The van der Waals surface area contributed by atoms with Crippen molar-refractivity contribution in [2.24, 2.45) is 11.1 Å². The minimum Gasteiger partial charge on any atom is -0.369 e. The SMILES string of the molecule is CN(C)C(=O)c1cc2cnc(Nc3ccc(N(C(=O)C4(C(N)=O)CC4)c4ccc(Cl)c(C(F)(F)F)c4)cc3)nc2n1C1CCCC1. The molecule has 2 aromatic heterocycles. The number of hydrogen-bond donors (Lipinski definition) is 2. The van der Waals surface area contributed by atoms with Crippen LogP contribution in [0.5, 0.6) is 0 Å². The molecule has 3 amide bonds. The summed E-state index contributed by atoms with van der Waals surface area (Å²) in [6, 6.07) is 11.4. The first-order valence-electron chi connectivity index (χ1n) is 14.8. The Morgan fingerprint density at radius 1 is 1.02 bits per heavy atom. The highest BCUT2D eigenvalue weighted by Crippen LogP contribution is 2.49.